The molecule has 2 N–H and O–H groups in total. The first kappa shape index (κ1) is 15.4. The zero-order chi connectivity index (χ0) is 16.2. The van der Waals surface area contributed by atoms with Crippen molar-refractivity contribution in [2.75, 3.05) is 44.6 Å². The summed E-state index contributed by atoms with van der Waals surface area (Å²) in [5.74, 6) is 2.84. The van der Waals surface area contributed by atoms with Crippen LogP contribution in [0.15, 0.2) is 24.3 Å². The molecule has 23 heavy (non-hydrogen) atoms. The van der Waals surface area contributed by atoms with Crippen LogP contribution in [0.2, 0.25) is 0 Å². The fourth-order valence-corrected chi connectivity index (χ4v) is 2.23. The highest BCUT2D eigenvalue weighted by Gasteiger charge is 2.13. The maximum Gasteiger partial charge on any atom is 0.231 e. The molecular weight excluding hydrogens is 294 g/mol. The van der Waals surface area contributed by atoms with E-state index in [1.807, 2.05) is 45.3 Å². The molecule has 0 spiro atoms. The minimum atomic E-state index is 0.264. The third kappa shape index (κ3) is 4.01. The van der Waals surface area contributed by atoms with Crippen LogP contribution in [0, 0.1) is 6.92 Å². The first-order valence-corrected chi connectivity index (χ1v) is 7.51. The van der Waals surface area contributed by atoms with Gasteiger partial charge in [0.1, 0.15) is 5.82 Å². The van der Waals surface area contributed by atoms with E-state index in [1.54, 1.807) is 0 Å². The van der Waals surface area contributed by atoms with Crippen LogP contribution < -0.4 is 20.1 Å². The van der Waals surface area contributed by atoms with Gasteiger partial charge in [-0.2, -0.15) is 4.98 Å². The third-order valence-electron chi connectivity index (χ3n) is 3.35. The van der Waals surface area contributed by atoms with Crippen molar-refractivity contribution in [1.82, 2.24) is 14.9 Å². The van der Waals surface area contributed by atoms with Crippen LogP contribution >= 0.6 is 0 Å². The van der Waals surface area contributed by atoms with Crippen molar-refractivity contribution in [2.24, 2.45) is 0 Å². The maximum atomic E-state index is 5.38. The van der Waals surface area contributed by atoms with Crippen LogP contribution in [-0.2, 0) is 0 Å². The Balaban J connectivity index is 1.71. The number of aromatic nitrogens is 2. The monoisotopic (exact) mass is 315 g/mol. The van der Waals surface area contributed by atoms with Gasteiger partial charge < -0.3 is 25.0 Å². The Morgan fingerprint density at radius 2 is 1.96 bits per heavy atom. The number of ether oxygens (including phenoxy) is 2. The molecule has 1 aromatic carbocycles. The van der Waals surface area contributed by atoms with Gasteiger partial charge in [0, 0.05) is 36.6 Å². The lowest BCUT2D eigenvalue weighted by Gasteiger charge is -2.12. The highest BCUT2D eigenvalue weighted by molar-refractivity contribution is 5.61. The van der Waals surface area contributed by atoms with Crippen molar-refractivity contribution >= 4 is 17.5 Å². The summed E-state index contributed by atoms with van der Waals surface area (Å²) < 4.78 is 10.7. The van der Waals surface area contributed by atoms with Gasteiger partial charge in [-0.25, -0.2) is 4.98 Å². The highest BCUT2D eigenvalue weighted by atomic mass is 16.7. The lowest BCUT2D eigenvalue weighted by molar-refractivity contribution is 0.174. The topological polar surface area (TPSA) is 71.5 Å². The quantitative estimate of drug-likeness (QED) is 0.847. The zero-order valence-corrected chi connectivity index (χ0v) is 13.6. The second-order valence-electron chi connectivity index (χ2n) is 5.64. The molecule has 3 rings (SSSR count). The van der Waals surface area contributed by atoms with Gasteiger partial charge in [-0.1, -0.05) is 0 Å². The smallest absolute Gasteiger partial charge is 0.231 e. The number of benzene rings is 1. The first-order valence-electron chi connectivity index (χ1n) is 7.51. The molecular formula is C16H21N5O2. The SMILES string of the molecule is Cc1cc(NCCN(C)C)nc(Nc2ccc3c(c2)OCO3)n1. The highest BCUT2D eigenvalue weighted by Crippen LogP contribution is 2.34. The average molecular weight is 315 g/mol. The normalized spacial score (nSPS) is 12.5. The summed E-state index contributed by atoms with van der Waals surface area (Å²) in [5.41, 5.74) is 1.76. The minimum Gasteiger partial charge on any atom is -0.454 e. The molecule has 1 aliphatic heterocycles. The Labute approximate surface area is 135 Å². The van der Waals surface area contributed by atoms with Gasteiger partial charge >= 0.3 is 0 Å². The van der Waals surface area contributed by atoms with Gasteiger partial charge in [-0.3, -0.25) is 0 Å². The van der Waals surface area contributed by atoms with E-state index in [0.717, 1.165) is 41.8 Å². The largest absolute Gasteiger partial charge is 0.454 e. The summed E-state index contributed by atoms with van der Waals surface area (Å²) >= 11 is 0. The van der Waals surface area contributed by atoms with Gasteiger partial charge in [0.2, 0.25) is 12.7 Å². The molecule has 0 radical (unpaired) electrons. The third-order valence-corrected chi connectivity index (χ3v) is 3.35. The van der Waals surface area contributed by atoms with Crippen LogP contribution in [0.1, 0.15) is 5.69 Å². The van der Waals surface area contributed by atoms with Crippen molar-refractivity contribution in [1.29, 1.82) is 0 Å². The number of nitrogens with one attached hydrogen (secondary N) is 2. The molecule has 0 saturated heterocycles. The molecule has 0 atom stereocenters. The number of fused-ring (bicyclic) bond motifs is 1. The second-order valence-corrected chi connectivity index (χ2v) is 5.64. The average Bonchev–Trinajstić information content (AvgIpc) is 2.94. The van der Waals surface area contributed by atoms with Crippen molar-refractivity contribution < 1.29 is 9.47 Å². The Morgan fingerprint density at radius 3 is 2.78 bits per heavy atom. The summed E-state index contributed by atoms with van der Waals surface area (Å²) in [5, 5.41) is 6.51. The molecule has 0 amide bonds. The van der Waals surface area contributed by atoms with Crippen molar-refractivity contribution in [3.8, 4) is 11.5 Å². The molecule has 1 aromatic heterocycles. The van der Waals surface area contributed by atoms with E-state index >= 15 is 0 Å². The van der Waals surface area contributed by atoms with Gasteiger partial charge in [0.05, 0.1) is 0 Å². The van der Waals surface area contributed by atoms with Gasteiger partial charge in [0.25, 0.3) is 0 Å². The van der Waals surface area contributed by atoms with E-state index in [9.17, 15) is 0 Å². The number of nitrogens with zero attached hydrogens (tertiary/aromatic N) is 3. The van der Waals surface area contributed by atoms with Crippen LogP contribution in [0.3, 0.4) is 0 Å². The Bertz CT molecular complexity index is 690. The number of hydrogen-bond acceptors (Lipinski definition) is 7. The molecule has 0 aliphatic carbocycles. The van der Waals surface area contributed by atoms with Crippen molar-refractivity contribution in [2.45, 2.75) is 6.92 Å². The molecule has 0 unspecified atom stereocenters. The Morgan fingerprint density at radius 1 is 1.13 bits per heavy atom. The van der Waals surface area contributed by atoms with Crippen LogP contribution in [0.4, 0.5) is 17.5 Å². The lowest BCUT2D eigenvalue weighted by atomic mass is 10.3. The van der Waals surface area contributed by atoms with E-state index in [0.29, 0.717) is 5.95 Å². The number of aryl methyl sites for hydroxylation is 1. The van der Waals surface area contributed by atoms with E-state index in [1.165, 1.54) is 0 Å². The number of hydrogen-bond donors (Lipinski definition) is 2. The maximum absolute atomic E-state index is 5.38. The van der Waals surface area contributed by atoms with Gasteiger partial charge in [-0.15, -0.1) is 0 Å². The summed E-state index contributed by atoms with van der Waals surface area (Å²) in [6, 6.07) is 7.60. The summed E-state index contributed by atoms with van der Waals surface area (Å²) in [6.45, 7) is 3.98. The molecule has 0 fully saturated rings. The fraction of sp³-hybridized carbons (Fsp3) is 0.375. The standard InChI is InChI=1S/C16H21N5O2/c1-11-8-15(17-6-7-21(2)3)20-16(18-11)19-12-4-5-13-14(9-12)23-10-22-13/h4-5,8-9H,6-7,10H2,1-3H3,(H2,17,18,19,20). The fourth-order valence-electron chi connectivity index (χ4n) is 2.23. The molecule has 2 aromatic rings. The Hall–Kier alpha value is -2.54. The van der Waals surface area contributed by atoms with Crippen LogP contribution in [0.5, 0.6) is 11.5 Å². The molecule has 7 heteroatoms. The summed E-state index contributed by atoms with van der Waals surface area (Å²) in [7, 11) is 4.08. The number of rotatable bonds is 6. The molecule has 0 saturated carbocycles. The second kappa shape index (κ2) is 6.70. The van der Waals surface area contributed by atoms with Crippen molar-refractivity contribution in [3.05, 3.63) is 30.0 Å². The van der Waals surface area contributed by atoms with E-state index in [2.05, 4.69) is 25.5 Å². The predicted octanol–water partition coefficient (Wildman–Crippen LogP) is 2.23. The zero-order valence-electron chi connectivity index (χ0n) is 13.6. The lowest BCUT2D eigenvalue weighted by Crippen LogP contribution is -2.21. The number of likely N-dealkylation sites (N-methyl/N-ethyl adjacent to an activating group) is 1. The van der Waals surface area contributed by atoms with E-state index in [4.69, 9.17) is 9.47 Å². The Kier molecular flexibility index (Phi) is 4.47. The van der Waals surface area contributed by atoms with Gasteiger partial charge in [0.15, 0.2) is 11.5 Å². The van der Waals surface area contributed by atoms with Crippen LogP contribution in [0.25, 0.3) is 0 Å². The molecule has 0 bridgehead atoms. The van der Waals surface area contributed by atoms with E-state index in [-0.39, 0.29) is 6.79 Å². The summed E-state index contributed by atoms with van der Waals surface area (Å²) in [6.07, 6.45) is 0. The minimum absolute atomic E-state index is 0.264. The molecule has 2 heterocycles. The molecule has 122 valence electrons. The van der Waals surface area contributed by atoms with Crippen LogP contribution in [-0.4, -0.2) is 48.8 Å². The van der Waals surface area contributed by atoms with Gasteiger partial charge in [-0.05, 0) is 33.2 Å². The first-order chi connectivity index (χ1) is 11.1. The van der Waals surface area contributed by atoms with Crippen molar-refractivity contribution in [3.63, 3.8) is 0 Å². The number of anilines is 3. The molecule has 1 aliphatic rings. The summed E-state index contributed by atoms with van der Waals surface area (Å²) in [4.78, 5) is 11.0. The predicted molar refractivity (Wildman–Crippen MR) is 89.7 cm³/mol. The molecule has 7 nitrogen and oxygen atoms in total. The van der Waals surface area contributed by atoms with E-state index < -0.39 is 0 Å².